The molecule has 2 nitrogen and oxygen atoms in total. The first kappa shape index (κ1) is 11.5. The lowest BCUT2D eigenvalue weighted by Gasteiger charge is -2.06. The van der Waals surface area contributed by atoms with Crippen molar-refractivity contribution in [3.05, 3.63) is 32.3 Å². The summed E-state index contributed by atoms with van der Waals surface area (Å²) >= 11 is 15.8. The van der Waals surface area contributed by atoms with E-state index in [1.807, 2.05) is 0 Å². The molecule has 0 heterocycles. The van der Waals surface area contributed by atoms with Crippen LogP contribution in [0.5, 0.6) is 0 Å². The Morgan fingerprint density at radius 2 is 1.43 bits per heavy atom. The molecule has 0 saturated heterocycles. The Kier molecular flexibility index (Phi) is 3.19. The zero-order valence-corrected chi connectivity index (χ0v) is 8.51. The van der Waals surface area contributed by atoms with E-state index in [9.17, 15) is 13.6 Å². The van der Waals surface area contributed by atoms with E-state index in [2.05, 4.69) is 0 Å². The van der Waals surface area contributed by atoms with Gasteiger partial charge < -0.3 is 5.11 Å². The van der Waals surface area contributed by atoms with E-state index in [1.54, 1.807) is 0 Å². The highest BCUT2D eigenvalue weighted by molar-refractivity contribution is 6.46. The lowest BCUT2D eigenvalue weighted by molar-refractivity contribution is 0.0696. The fourth-order valence-corrected chi connectivity index (χ4v) is 1.54. The van der Waals surface area contributed by atoms with Crippen molar-refractivity contribution in [1.29, 1.82) is 0 Å². The number of hydrogen-bond acceptors (Lipinski definition) is 1. The summed E-state index contributed by atoms with van der Waals surface area (Å²) in [6, 6.07) is 0. The van der Waals surface area contributed by atoms with Crippen LogP contribution in [0.15, 0.2) is 0 Å². The molecular formula is C7HCl3F2O2. The summed E-state index contributed by atoms with van der Waals surface area (Å²) in [4.78, 5) is 10.5. The fraction of sp³-hybridized carbons (Fsp3) is 0. The van der Waals surface area contributed by atoms with Crippen LogP contribution < -0.4 is 0 Å². The topological polar surface area (TPSA) is 37.3 Å². The van der Waals surface area contributed by atoms with Crippen molar-refractivity contribution < 1.29 is 18.7 Å². The van der Waals surface area contributed by atoms with Gasteiger partial charge in [-0.25, -0.2) is 13.6 Å². The van der Waals surface area contributed by atoms with Crippen LogP contribution in [0.3, 0.4) is 0 Å². The predicted molar refractivity (Wildman–Crippen MR) is 48.3 cm³/mol. The van der Waals surface area contributed by atoms with E-state index < -0.39 is 38.2 Å². The highest BCUT2D eigenvalue weighted by Crippen LogP contribution is 2.36. The van der Waals surface area contributed by atoms with Crippen LogP contribution in [-0.2, 0) is 0 Å². The van der Waals surface area contributed by atoms with Gasteiger partial charge in [0.05, 0.1) is 15.1 Å². The molecular weight excluding hydrogens is 260 g/mol. The summed E-state index contributed by atoms with van der Waals surface area (Å²) in [5, 5.41) is 6.25. The number of rotatable bonds is 1. The van der Waals surface area contributed by atoms with Crippen LogP contribution in [0.2, 0.25) is 15.1 Å². The molecule has 7 heteroatoms. The van der Waals surface area contributed by atoms with Gasteiger partial charge in [0.2, 0.25) is 0 Å². The highest BCUT2D eigenvalue weighted by Gasteiger charge is 2.25. The molecule has 0 spiro atoms. The Bertz CT molecular complexity index is 391. The van der Waals surface area contributed by atoms with Gasteiger partial charge in [-0.3, -0.25) is 0 Å². The van der Waals surface area contributed by atoms with Gasteiger partial charge in [0.1, 0.15) is 5.56 Å². The summed E-state index contributed by atoms with van der Waals surface area (Å²) in [6.07, 6.45) is 0. The maximum absolute atomic E-state index is 12.9. The standard InChI is InChI=1S/C7HCl3F2O2/c8-2-1(7(13)14)3(9)5(11)6(12)4(2)10/h(H,13,14). The quantitative estimate of drug-likeness (QED) is 0.619. The SMILES string of the molecule is O=C(O)c1c(Cl)c(F)c(F)c(Cl)c1Cl. The van der Waals surface area contributed by atoms with Crippen LogP contribution in [0, 0.1) is 11.6 Å². The molecule has 0 fully saturated rings. The second kappa shape index (κ2) is 3.88. The van der Waals surface area contributed by atoms with Crippen molar-refractivity contribution in [2.24, 2.45) is 0 Å². The van der Waals surface area contributed by atoms with Gasteiger partial charge in [-0.15, -0.1) is 0 Å². The van der Waals surface area contributed by atoms with Crippen LogP contribution in [0.4, 0.5) is 8.78 Å². The molecule has 1 N–H and O–H groups in total. The van der Waals surface area contributed by atoms with E-state index in [-0.39, 0.29) is 0 Å². The molecule has 0 saturated carbocycles. The number of carboxylic acid groups (broad SMARTS) is 1. The average Bonchev–Trinajstić information content (AvgIpc) is 2.11. The zero-order valence-electron chi connectivity index (χ0n) is 6.25. The van der Waals surface area contributed by atoms with Gasteiger partial charge in [0.15, 0.2) is 11.6 Å². The van der Waals surface area contributed by atoms with Crippen molar-refractivity contribution in [3.63, 3.8) is 0 Å². The Morgan fingerprint density at radius 1 is 1.00 bits per heavy atom. The maximum Gasteiger partial charge on any atom is 0.338 e. The van der Waals surface area contributed by atoms with E-state index >= 15 is 0 Å². The third kappa shape index (κ3) is 1.65. The molecule has 1 aromatic rings. The largest absolute Gasteiger partial charge is 0.478 e. The predicted octanol–water partition coefficient (Wildman–Crippen LogP) is 3.62. The Morgan fingerprint density at radius 3 is 1.86 bits per heavy atom. The lowest BCUT2D eigenvalue weighted by atomic mass is 10.2. The molecule has 0 aliphatic heterocycles. The Balaban J connectivity index is 3.68. The van der Waals surface area contributed by atoms with Crippen LogP contribution >= 0.6 is 34.8 Å². The first-order valence-electron chi connectivity index (χ1n) is 3.12. The normalized spacial score (nSPS) is 10.4. The van der Waals surface area contributed by atoms with Gasteiger partial charge >= 0.3 is 5.97 Å². The number of aromatic carboxylic acids is 1. The number of hydrogen-bond donors (Lipinski definition) is 1. The van der Waals surface area contributed by atoms with Gasteiger partial charge in [0.25, 0.3) is 0 Å². The van der Waals surface area contributed by atoms with E-state index in [4.69, 9.17) is 39.9 Å². The third-order valence-electron chi connectivity index (χ3n) is 1.42. The monoisotopic (exact) mass is 260 g/mol. The Hall–Kier alpha value is -0.580. The van der Waals surface area contributed by atoms with Crippen LogP contribution in [0.25, 0.3) is 0 Å². The first-order chi connectivity index (χ1) is 6.37. The zero-order chi connectivity index (χ0) is 11.0. The molecule has 0 aromatic heterocycles. The second-order valence-electron chi connectivity index (χ2n) is 2.25. The molecule has 14 heavy (non-hydrogen) atoms. The summed E-state index contributed by atoms with van der Waals surface area (Å²) in [5.74, 6) is -4.58. The van der Waals surface area contributed by atoms with Crippen LogP contribution in [-0.4, -0.2) is 11.1 Å². The molecule has 0 aliphatic rings. The lowest BCUT2D eigenvalue weighted by Crippen LogP contribution is -2.03. The van der Waals surface area contributed by atoms with Crippen LogP contribution in [0.1, 0.15) is 10.4 Å². The minimum atomic E-state index is -1.58. The average molecular weight is 261 g/mol. The molecule has 0 atom stereocenters. The Labute approximate surface area is 92.0 Å². The minimum Gasteiger partial charge on any atom is -0.478 e. The van der Waals surface area contributed by atoms with Crippen molar-refractivity contribution in [3.8, 4) is 0 Å². The molecule has 0 amide bonds. The second-order valence-corrected chi connectivity index (χ2v) is 3.38. The minimum absolute atomic E-state index is 0.622. The van der Waals surface area contributed by atoms with E-state index in [0.717, 1.165) is 0 Å². The summed E-state index contributed by atoms with van der Waals surface area (Å²) < 4.78 is 25.7. The number of halogens is 5. The molecule has 0 unspecified atom stereocenters. The van der Waals surface area contributed by atoms with Crippen molar-refractivity contribution in [2.75, 3.05) is 0 Å². The van der Waals surface area contributed by atoms with E-state index in [0.29, 0.717) is 0 Å². The van der Waals surface area contributed by atoms with Gasteiger partial charge in [-0.05, 0) is 0 Å². The highest BCUT2D eigenvalue weighted by atomic mass is 35.5. The van der Waals surface area contributed by atoms with E-state index in [1.165, 1.54) is 0 Å². The summed E-state index contributed by atoms with van der Waals surface area (Å²) in [7, 11) is 0. The molecule has 0 bridgehead atoms. The van der Waals surface area contributed by atoms with Gasteiger partial charge in [-0.1, -0.05) is 34.8 Å². The number of carboxylic acids is 1. The van der Waals surface area contributed by atoms with Crippen molar-refractivity contribution in [1.82, 2.24) is 0 Å². The molecule has 76 valence electrons. The third-order valence-corrected chi connectivity index (χ3v) is 2.61. The smallest absolute Gasteiger partial charge is 0.338 e. The molecule has 1 aromatic carbocycles. The summed E-state index contributed by atoms with van der Waals surface area (Å²) in [5.41, 5.74) is -0.753. The number of carbonyl (C=O) groups is 1. The van der Waals surface area contributed by atoms with Gasteiger partial charge in [0, 0.05) is 0 Å². The maximum atomic E-state index is 12.9. The first-order valence-corrected chi connectivity index (χ1v) is 4.26. The summed E-state index contributed by atoms with van der Waals surface area (Å²) in [6.45, 7) is 0. The fourth-order valence-electron chi connectivity index (χ4n) is 0.793. The molecule has 0 radical (unpaired) electrons. The molecule has 1 rings (SSSR count). The number of benzene rings is 1. The molecule has 0 aliphatic carbocycles. The van der Waals surface area contributed by atoms with Crippen molar-refractivity contribution in [2.45, 2.75) is 0 Å². The van der Waals surface area contributed by atoms with Gasteiger partial charge in [-0.2, -0.15) is 0 Å². The van der Waals surface area contributed by atoms with Crippen molar-refractivity contribution >= 4 is 40.8 Å².